The summed E-state index contributed by atoms with van der Waals surface area (Å²) in [5, 5.41) is 9.13. The van der Waals surface area contributed by atoms with Crippen LogP contribution >= 0.6 is 0 Å². The molecule has 1 aromatic carbocycles. The minimum atomic E-state index is -1.02. The Hall–Kier alpha value is -1.63. The van der Waals surface area contributed by atoms with Crippen molar-refractivity contribution in [1.82, 2.24) is 0 Å². The number of hydrogen-bond donors (Lipinski definition) is 0. The lowest BCUT2D eigenvalue weighted by atomic mass is 9.54. The van der Waals surface area contributed by atoms with Gasteiger partial charge >= 0.3 is 0 Å². The van der Waals surface area contributed by atoms with Gasteiger partial charge in [-0.2, -0.15) is 9.65 Å². The Labute approximate surface area is 122 Å². The van der Waals surface area contributed by atoms with Crippen LogP contribution in [0.5, 0.6) is 5.75 Å². The lowest BCUT2D eigenvalue weighted by Gasteiger charge is -2.56. The number of rotatable bonds is 2. The quantitative estimate of drug-likeness (QED) is 0.818. The molecule has 4 saturated carbocycles. The molecule has 4 aliphatic carbocycles. The maximum atomic E-state index is 14.1. The molecule has 4 aliphatic rings. The Kier molecular flexibility index (Phi) is 2.76. The van der Waals surface area contributed by atoms with Crippen LogP contribution in [-0.2, 0) is 0 Å². The van der Waals surface area contributed by atoms with E-state index in [4.69, 9.17) is 10.00 Å². The van der Waals surface area contributed by atoms with Crippen molar-refractivity contribution >= 4 is 0 Å². The fourth-order valence-corrected chi connectivity index (χ4v) is 5.09. The first-order valence-electron chi connectivity index (χ1n) is 7.66. The number of halogens is 2. The highest BCUT2D eigenvalue weighted by Gasteiger charge is 2.53. The molecule has 0 atom stereocenters. The highest BCUT2D eigenvalue weighted by Crippen LogP contribution is 2.57. The van der Waals surface area contributed by atoms with Crippen molar-refractivity contribution in [2.75, 3.05) is 0 Å². The van der Waals surface area contributed by atoms with Crippen LogP contribution in [0.3, 0.4) is 0 Å². The van der Waals surface area contributed by atoms with Crippen molar-refractivity contribution in [1.29, 1.82) is 5.26 Å². The van der Waals surface area contributed by atoms with Gasteiger partial charge in [-0.25, -0.2) is 4.39 Å². The zero-order valence-electron chi connectivity index (χ0n) is 11.7. The molecule has 0 spiro atoms. The molecule has 4 bridgehead atoms. The second kappa shape index (κ2) is 4.43. The third kappa shape index (κ3) is 2.02. The summed E-state index contributed by atoms with van der Waals surface area (Å²) >= 11 is 0. The summed E-state index contributed by atoms with van der Waals surface area (Å²) in [6.45, 7) is 0. The molecule has 0 aromatic heterocycles. The van der Waals surface area contributed by atoms with Crippen LogP contribution < -0.4 is 4.74 Å². The molecule has 4 heteroatoms. The van der Waals surface area contributed by atoms with Gasteiger partial charge in [0, 0.05) is 0 Å². The zero-order chi connectivity index (χ0) is 14.6. The summed E-state index contributed by atoms with van der Waals surface area (Å²) in [6.07, 6.45) is 6.50. The van der Waals surface area contributed by atoms with E-state index in [0.29, 0.717) is 17.8 Å². The normalized spacial score (nSPS) is 36.5. The molecule has 21 heavy (non-hydrogen) atoms. The van der Waals surface area contributed by atoms with E-state index >= 15 is 0 Å². The Morgan fingerprint density at radius 3 is 2.14 bits per heavy atom. The third-order valence-corrected chi connectivity index (χ3v) is 5.47. The largest absolute Gasteiger partial charge is 0.483 e. The molecule has 110 valence electrons. The lowest BCUT2D eigenvalue weighted by molar-refractivity contribution is -0.109. The molecule has 5 rings (SSSR count). The van der Waals surface area contributed by atoms with E-state index in [1.807, 2.05) is 6.07 Å². The summed E-state index contributed by atoms with van der Waals surface area (Å²) in [6, 6.07) is 4.20. The van der Waals surface area contributed by atoms with E-state index in [1.165, 1.54) is 25.3 Å². The summed E-state index contributed by atoms with van der Waals surface area (Å²) in [5.74, 6) is -0.201. The Morgan fingerprint density at radius 2 is 1.62 bits per heavy atom. The predicted molar refractivity (Wildman–Crippen MR) is 72.6 cm³/mol. The van der Waals surface area contributed by atoms with Crippen LogP contribution in [0.1, 0.15) is 44.1 Å². The van der Waals surface area contributed by atoms with Crippen molar-refractivity contribution < 1.29 is 13.5 Å². The molecule has 4 fully saturated rings. The fourth-order valence-electron chi connectivity index (χ4n) is 5.09. The summed E-state index contributed by atoms with van der Waals surface area (Å²) in [7, 11) is 0. The van der Waals surface area contributed by atoms with Crippen LogP contribution in [0, 0.1) is 40.7 Å². The zero-order valence-corrected chi connectivity index (χ0v) is 11.7. The maximum Gasteiger partial charge on any atom is 0.202 e. The van der Waals surface area contributed by atoms with Gasteiger partial charge in [-0.15, -0.1) is 0 Å². The van der Waals surface area contributed by atoms with Gasteiger partial charge in [0.15, 0.2) is 11.6 Å². The molecule has 0 heterocycles. The van der Waals surface area contributed by atoms with Gasteiger partial charge in [0.25, 0.3) is 0 Å². The van der Waals surface area contributed by atoms with Gasteiger partial charge in [0.1, 0.15) is 11.7 Å². The highest BCUT2D eigenvalue weighted by atomic mass is 19.2. The Bertz CT molecular complexity index is 599. The fraction of sp³-hybridized carbons (Fsp3) is 0.588. The second-order valence-electron chi connectivity index (χ2n) is 7.05. The minimum absolute atomic E-state index is 0.0876. The molecular formula is C17H17F2NO. The standard InChI is InChI=1S/C17H17F2NO/c18-14-2-1-13(9-20)16(15(14)19)21-17-6-10-3-11(7-17)5-12(4-10)8-17/h1-2,10-12H,3-8H2. The van der Waals surface area contributed by atoms with Crippen molar-refractivity contribution in [2.24, 2.45) is 17.8 Å². The molecule has 0 radical (unpaired) electrons. The second-order valence-corrected chi connectivity index (χ2v) is 7.05. The van der Waals surface area contributed by atoms with Crippen molar-refractivity contribution in [3.8, 4) is 11.8 Å². The number of nitrogens with zero attached hydrogens (tertiary/aromatic N) is 1. The highest BCUT2D eigenvalue weighted by molar-refractivity contribution is 5.44. The van der Waals surface area contributed by atoms with Crippen LogP contribution in [0.15, 0.2) is 12.1 Å². The first-order valence-corrected chi connectivity index (χ1v) is 7.66. The van der Waals surface area contributed by atoms with Crippen molar-refractivity contribution in [3.05, 3.63) is 29.3 Å². The van der Waals surface area contributed by atoms with Gasteiger partial charge in [-0.3, -0.25) is 0 Å². The molecule has 0 aliphatic heterocycles. The molecule has 0 unspecified atom stereocenters. The maximum absolute atomic E-state index is 14.1. The molecule has 0 amide bonds. The van der Waals surface area contributed by atoms with Crippen molar-refractivity contribution in [3.63, 3.8) is 0 Å². The van der Waals surface area contributed by atoms with E-state index in [9.17, 15) is 8.78 Å². The van der Waals surface area contributed by atoms with E-state index in [1.54, 1.807) is 0 Å². The SMILES string of the molecule is N#Cc1ccc(F)c(F)c1OC12CC3CC(CC(C3)C1)C2. The topological polar surface area (TPSA) is 33.0 Å². The minimum Gasteiger partial charge on any atom is -0.483 e. The summed E-state index contributed by atoms with van der Waals surface area (Å²) in [5.41, 5.74) is -0.292. The van der Waals surface area contributed by atoms with E-state index in [2.05, 4.69) is 0 Å². The predicted octanol–water partition coefficient (Wildman–Crippen LogP) is 4.18. The van der Waals surface area contributed by atoms with Gasteiger partial charge in [-0.05, 0) is 68.4 Å². The summed E-state index contributed by atoms with van der Waals surface area (Å²) < 4.78 is 33.6. The number of ether oxygens (including phenoxy) is 1. The van der Waals surface area contributed by atoms with Crippen LogP contribution in [0.25, 0.3) is 0 Å². The number of benzene rings is 1. The molecule has 0 N–H and O–H groups in total. The first-order chi connectivity index (χ1) is 10.1. The lowest BCUT2D eigenvalue weighted by Crippen LogP contribution is -2.53. The van der Waals surface area contributed by atoms with Gasteiger partial charge in [0.2, 0.25) is 5.82 Å². The third-order valence-electron chi connectivity index (χ3n) is 5.47. The monoisotopic (exact) mass is 289 g/mol. The van der Waals surface area contributed by atoms with Crippen LogP contribution in [-0.4, -0.2) is 5.60 Å². The molecule has 0 saturated heterocycles. The first kappa shape index (κ1) is 13.1. The Balaban J connectivity index is 1.71. The average molecular weight is 289 g/mol. The Morgan fingerprint density at radius 1 is 1.05 bits per heavy atom. The van der Waals surface area contributed by atoms with Crippen molar-refractivity contribution in [2.45, 2.75) is 44.1 Å². The van der Waals surface area contributed by atoms with E-state index in [-0.39, 0.29) is 16.9 Å². The van der Waals surface area contributed by atoms with Crippen LogP contribution in [0.4, 0.5) is 8.78 Å². The van der Waals surface area contributed by atoms with E-state index in [0.717, 1.165) is 25.3 Å². The smallest absolute Gasteiger partial charge is 0.202 e. The molecule has 2 nitrogen and oxygen atoms in total. The molecular weight excluding hydrogens is 272 g/mol. The van der Waals surface area contributed by atoms with Gasteiger partial charge in [0.05, 0.1) is 5.56 Å². The number of hydrogen-bond acceptors (Lipinski definition) is 2. The average Bonchev–Trinajstić information content (AvgIpc) is 2.42. The molecule has 1 aromatic rings. The summed E-state index contributed by atoms with van der Waals surface area (Å²) in [4.78, 5) is 0. The van der Waals surface area contributed by atoms with Gasteiger partial charge in [-0.1, -0.05) is 0 Å². The number of nitriles is 1. The van der Waals surface area contributed by atoms with Crippen LogP contribution in [0.2, 0.25) is 0 Å². The van der Waals surface area contributed by atoms with Gasteiger partial charge < -0.3 is 4.74 Å². The van der Waals surface area contributed by atoms with E-state index < -0.39 is 11.6 Å².